The molecule has 0 aromatic heterocycles. The molecule has 2 nitrogen and oxygen atoms in total. The summed E-state index contributed by atoms with van der Waals surface area (Å²) in [5, 5.41) is 4.09. The predicted molar refractivity (Wildman–Crippen MR) is 93.1 cm³/mol. The van der Waals surface area contributed by atoms with Gasteiger partial charge in [0.1, 0.15) is 11.9 Å². The van der Waals surface area contributed by atoms with E-state index in [1.165, 1.54) is 0 Å². The Labute approximate surface area is 146 Å². The lowest BCUT2D eigenvalue weighted by Gasteiger charge is -2.32. The van der Waals surface area contributed by atoms with Crippen molar-refractivity contribution in [2.45, 2.75) is 18.6 Å². The predicted octanol–water partition coefficient (Wildman–Crippen LogP) is 5.65. The maximum atomic E-state index is 6.17. The molecule has 0 fully saturated rings. The van der Waals surface area contributed by atoms with Gasteiger partial charge in [0, 0.05) is 32.0 Å². The highest BCUT2D eigenvalue weighted by atomic mass is 79.9. The molecule has 0 radical (unpaired) electrons. The number of benzene rings is 2. The molecule has 0 saturated heterocycles. The molecular weight excluding hydrogens is 417 g/mol. The summed E-state index contributed by atoms with van der Waals surface area (Å²) in [7, 11) is 1.97. The van der Waals surface area contributed by atoms with Gasteiger partial charge in [-0.2, -0.15) is 0 Å². The van der Waals surface area contributed by atoms with Crippen molar-refractivity contribution in [1.29, 1.82) is 0 Å². The molecule has 2 aromatic carbocycles. The molecule has 0 saturated carbocycles. The minimum Gasteiger partial charge on any atom is -0.485 e. The van der Waals surface area contributed by atoms with Crippen LogP contribution in [-0.4, -0.2) is 7.05 Å². The first-order valence-corrected chi connectivity index (χ1v) is 8.63. The van der Waals surface area contributed by atoms with Crippen LogP contribution in [0.4, 0.5) is 0 Å². The fourth-order valence-electron chi connectivity index (χ4n) is 2.63. The molecule has 2 atom stereocenters. The van der Waals surface area contributed by atoms with E-state index >= 15 is 0 Å². The summed E-state index contributed by atoms with van der Waals surface area (Å²) in [6.45, 7) is 0. The van der Waals surface area contributed by atoms with Gasteiger partial charge >= 0.3 is 0 Å². The van der Waals surface area contributed by atoms with Crippen molar-refractivity contribution in [1.82, 2.24) is 5.32 Å². The number of hydrogen-bond acceptors (Lipinski definition) is 2. The lowest BCUT2D eigenvalue weighted by Crippen LogP contribution is -2.26. The molecule has 0 bridgehead atoms. The van der Waals surface area contributed by atoms with Gasteiger partial charge in [0.25, 0.3) is 0 Å². The molecule has 0 aliphatic carbocycles. The van der Waals surface area contributed by atoms with Crippen LogP contribution in [0.15, 0.2) is 45.3 Å². The number of rotatable bonds is 2. The molecule has 1 aliphatic heterocycles. The van der Waals surface area contributed by atoms with Crippen molar-refractivity contribution in [2.75, 3.05) is 7.05 Å². The zero-order chi connectivity index (χ0) is 15.0. The molecule has 110 valence electrons. The van der Waals surface area contributed by atoms with Crippen molar-refractivity contribution in [2.24, 2.45) is 0 Å². The number of halogens is 3. The molecule has 5 heteroatoms. The quantitative estimate of drug-likeness (QED) is 0.664. The van der Waals surface area contributed by atoms with Gasteiger partial charge in [-0.25, -0.2) is 0 Å². The molecular formula is C16H14Br2ClNO. The zero-order valence-corrected chi connectivity index (χ0v) is 15.3. The van der Waals surface area contributed by atoms with Crippen LogP contribution < -0.4 is 10.1 Å². The SMILES string of the molecule is CNC1CC(c2ccc(Br)c(Br)c2)Oc2ccc(Cl)cc21. The summed E-state index contributed by atoms with van der Waals surface area (Å²) < 4.78 is 8.24. The Morgan fingerprint density at radius 3 is 2.67 bits per heavy atom. The highest BCUT2D eigenvalue weighted by molar-refractivity contribution is 9.13. The lowest BCUT2D eigenvalue weighted by molar-refractivity contribution is 0.154. The van der Waals surface area contributed by atoms with Crippen LogP contribution in [0.25, 0.3) is 0 Å². The van der Waals surface area contributed by atoms with E-state index in [-0.39, 0.29) is 12.1 Å². The fourth-order valence-corrected chi connectivity index (χ4v) is 3.46. The summed E-state index contributed by atoms with van der Waals surface area (Å²) in [6, 6.07) is 12.3. The Morgan fingerprint density at radius 1 is 1.14 bits per heavy atom. The number of ether oxygens (including phenoxy) is 1. The van der Waals surface area contributed by atoms with Crippen LogP contribution in [0.3, 0.4) is 0 Å². The Morgan fingerprint density at radius 2 is 1.95 bits per heavy atom. The summed E-state index contributed by atoms with van der Waals surface area (Å²) in [5.74, 6) is 0.897. The van der Waals surface area contributed by atoms with Crippen LogP contribution in [0.5, 0.6) is 5.75 Å². The molecule has 1 aliphatic rings. The largest absolute Gasteiger partial charge is 0.485 e. The van der Waals surface area contributed by atoms with E-state index in [9.17, 15) is 0 Å². The van der Waals surface area contributed by atoms with Gasteiger partial charge in [-0.1, -0.05) is 17.7 Å². The minimum absolute atomic E-state index is 0.0283. The van der Waals surface area contributed by atoms with E-state index in [1.807, 2.05) is 31.3 Å². The van der Waals surface area contributed by atoms with Crippen LogP contribution in [-0.2, 0) is 0 Å². The second-order valence-corrected chi connectivity index (χ2v) is 7.18. The van der Waals surface area contributed by atoms with E-state index in [0.717, 1.165) is 37.3 Å². The molecule has 1 heterocycles. The number of fused-ring (bicyclic) bond motifs is 1. The molecule has 2 aromatic rings. The highest BCUT2D eigenvalue weighted by Crippen LogP contribution is 2.42. The van der Waals surface area contributed by atoms with Gasteiger partial charge in [0.15, 0.2) is 0 Å². The molecule has 1 N–H and O–H groups in total. The van der Waals surface area contributed by atoms with Crippen LogP contribution in [0.1, 0.15) is 29.7 Å². The Balaban J connectivity index is 1.96. The van der Waals surface area contributed by atoms with E-state index in [0.29, 0.717) is 0 Å². The first-order valence-electron chi connectivity index (χ1n) is 6.67. The van der Waals surface area contributed by atoms with E-state index in [2.05, 4.69) is 49.3 Å². The van der Waals surface area contributed by atoms with Gasteiger partial charge in [-0.05, 0) is 74.8 Å². The summed E-state index contributed by atoms with van der Waals surface area (Å²) in [5.41, 5.74) is 2.28. The van der Waals surface area contributed by atoms with Gasteiger partial charge in [0.05, 0.1) is 0 Å². The van der Waals surface area contributed by atoms with Crippen molar-refractivity contribution in [3.63, 3.8) is 0 Å². The van der Waals surface area contributed by atoms with Crippen LogP contribution in [0, 0.1) is 0 Å². The van der Waals surface area contributed by atoms with Crippen molar-refractivity contribution >= 4 is 43.5 Å². The van der Waals surface area contributed by atoms with E-state index in [4.69, 9.17) is 16.3 Å². The van der Waals surface area contributed by atoms with Gasteiger partial charge in [-0.3, -0.25) is 0 Å². The average molecular weight is 432 g/mol. The summed E-state index contributed by atoms with van der Waals surface area (Å²) >= 11 is 13.1. The zero-order valence-electron chi connectivity index (χ0n) is 11.4. The second-order valence-electron chi connectivity index (χ2n) is 5.04. The molecule has 21 heavy (non-hydrogen) atoms. The molecule has 2 unspecified atom stereocenters. The van der Waals surface area contributed by atoms with Crippen molar-refractivity contribution < 1.29 is 4.74 Å². The summed E-state index contributed by atoms with van der Waals surface area (Å²) in [4.78, 5) is 0. The first-order chi connectivity index (χ1) is 10.1. The second kappa shape index (κ2) is 6.29. The molecule has 0 amide bonds. The van der Waals surface area contributed by atoms with Crippen molar-refractivity contribution in [3.05, 3.63) is 61.5 Å². The minimum atomic E-state index is 0.0283. The Bertz CT molecular complexity index is 677. The normalized spacial score (nSPS) is 20.8. The van der Waals surface area contributed by atoms with E-state index in [1.54, 1.807) is 0 Å². The van der Waals surface area contributed by atoms with Gasteiger partial charge < -0.3 is 10.1 Å². The summed E-state index contributed by atoms with van der Waals surface area (Å²) in [6.07, 6.45) is 0.901. The van der Waals surface area contributed by atoms with E-state index < -0.39 is 0 Å². The molecule has 0 spiro atoms. The maximum absolute atomic E-state index is 6.17. The lowest BCUT2D eigenvalue weighted by atomic mass is 9.93. The van der Waals surface area contributed by atoms with Crippen LogP contribution >= 0.6 is 43.5 Å². The van der Waals surface area contributed by atoms with Gasteiger partial charge in [-0.15, -0.1) is 0 Å². The number of hydrogen-bond donors (Lipinski definition) is 1. The third-order valence-electron chi connectivity index (χ3n) is 3.73. The van der Waals surface area contributed by atoms with Crippen molar-refractivity contribution in [3.8, 4) is 5.75 Å². The highest BCUT2D eigenvalue weighted by Gasteiger charge is 2.28. The number of nitrogens with one attached hydrogen (secondary N) is 1. The fraction of sp³-hybridized carbons (Fsp3) is 0.250. The first kappa shape index (κ1) is 15.3. The topological polar surface area (TPSA) is 21.3 Å². The smallest absolute Gasteiger partial charge is 0.126 e. The standard InChI is InChI=1S/C16H14Br2ClNO/c1-20-14-8-16(9-2-4-12(17)13(18)6-9)21-15-5-3-10(19)7-11(14)15/h2-7,14,16,20H,8H2,1H3. The average Bonchev–Trinajstić information content (AvgIpc) is 2.49. The van der Waals surface area contributed by atoms with Gasteiger partial charge in [0.2, 0.25) is 0 Å². The van der Waals surface area contributed by atoms with Crippen LogP contribution in [0.2, 0.25) is 5.02 Å². The molecule has 3 rings (SSSR count). The Hall–Kier alpha value is -0.550. The Kier molecular flexibility index (Phi) is 4.60. The third kappa shape index (κ3) is 3.14. The monoisotopic (exact) mass is 429 g/mol. The maximum Gasteiger partial charge on any atom is 0.126 e. The third-order valence-corrected chi connectivity index (χ3v) is 5.84.